The summed E-state index contributed by atoms with van der Waals surface area (Å²) in [6.45, 7) is 11.2. The molecule has 0 saturated heterocycles. The third-order valence-corrected chi connectivity index (χ3v) is 4.28. The van der Waals surface area contributed by atoms with Crippen molar-refractivity contribution in [3.05, 3.63) is 47.6 Å². The Hall–Kier alpha value is -2.24. The highest BCUT2D eigenvalue weighted by molar-refractivity contribution is 5.62. The second-order valence-corrected chi connectivity index (χ2v) is 6.53. The lowest BCUT2D eigenvalue weighted by Crippen LogP contribution is -2.13. The van der Waals surface area contributed by atoms with Gasteiger partial charge in [-0.25, -0.2) is 0 Å². The van der Waals surface area contributed by atoms with Crippen LogP contribution in [0.2, 0.25) is 0 Å². The highest BCUT2D eigenvalue weighted by Crippen LogP contribution is 2.39. The van der Waals surface area contributed by atoms with Crippen LogP contribution in [0.15, 0.2) is 42.0 Å². The molecule has 0 aliphatic heterocycles. The van der Waals surface area contributed by atoms with Gasteiger partial charge in [-0.15, -0.1) is 0 Å². The number of aliphatic hydroxyl groups excluding tert-OH is 1. The molecule has 0 saturated carbocycles. The van der Waals surface area contributed by atoms with Gasteiger partial charge in [0, 0.05) is 6.61 Å². The van der Waals surface area contributed by atoms with Gasteiger partial charge in [-0.1, -0.05) is 29.9 Å². The summed E-state index contributed by atoms with van der Waals surface area (Å²) in [5.41, 5.74) is 3.14. The van der Waals surface area contributed by atoms with Crippen LogP contribution in [-0.4, -0.2) is 45.3 Å². The number of aliphatic hydroxyl groups is 1. The van der Waals surface area contributed by atoms with Gasteiger partial charge in [-0.2, -0.15) is 0 Å². The Morgan fingerprint density at radius 2 is 1.82 bits per heavy atom. The normalized spacial score (nSPS) is 12.9. The van der Waals surface area contributed by atoms with E-state index in [9.17, 15) is 0 Å². The maximum Gasteiger partial charge on any atom is 0.203 e. The fraction of sp³-hybridized carbons (Fsp3) is 0.478. The molecular weight excluding hydrogens is 356 g/mol. The number of hydrogen-bond acceptors (Lipinski definition) is 5. The van der Waals surface area contributed by atoms with E-state index in [4.69, 9.17) is 24.1 Å². The second kappa shape index (κ2) is 13.0. The van der Waals surface area contributed by atoms with Crippen molar-refractivity contribution in [2.24, 2.45) is 0 Å². The zero-order chi connectivity index (χ0) is 20.9. The predicted molar refractivity (Wildman–Crippen MR) is 114 cm³/mol. The second-order valence-electron chi connectivity index (χ2n) is 6.53. The van der Waals surface area contributed by atoms with Crippen molar-refractivity contribution in [3.8, 4) is 17.2 Å². The fourth-order valence-corrected chi connectivity index (χ4v) is 2.73. The van der Waals surface area contributed by atoms with Crippen molar-refractivity contribution in [2.45, 2.75) is 39.7 Å². The predicted octanol–water partition coefficient (Wildman–Crippen LogP) is 4.80. The van der Waals surface area contributed by atoms with E-state index in [1.54, 1.807) is 26.4 Å². The van der Waals surface area contributed by atoms with Crippen LogP contribution >= 0.6 is 0 Å². The number of allylic oxidation sites excluding steroid dienone is 1. The van der Waals surface area contributed by atoms with Crippen LogP contribution in [0.25, 0.3) is 6.08 Å². The van der Waals surface area contributed by atoms with E-state index in [1.165, 1.54) is 5.57 Å². The maximum absolute atomic E-state index is 8.95. The third kappa shape index (κ3) is 7.79. The SMILES string of the molecule is C=C(C)[C@H](CC/C(C)=C/COc1c(OC)cc(/C=C/CO)cc1OC)OCC. The van der Waals surface area contributed by atoms with Gasteiger partial charge < -0.3 is 24.1 Å². The van der Waals surface area contributed by atoms with E-state index >= 15 is 0 Å². The molecule has 1 atom stereocenters. The van der Waals surface area contributed by atoms with Crippen LogP contribution < -0.4 is 14.2 Å². The standard InChI is InChI=1S/C23H34O5/c1-7-27-20(17(2)3)11-10-18(4)12-14-28-23-21(25-5)15-19(9-8-13-24)16-22(23)26-6/h8-9,12,15-16,20,24H,2,7,10-11,13-14H2,1,3-6H3/b9-8+,18-12+/t20-/m0/s1. The summed E-state index contributed by atoms with van der Waals surface area (Å²) in [6, 6.07) is 3.69. The molecule has 5 nitrogen and oxygen atoms in total. The molecule has 0 amide bonds. The van der Waals surface area contributed by atoms with Crippen molar-refractivity contribution in [3.63, 3.8) is 0 Å². The number of ether oxygens (including phenoxy) is 4. The molecule has 1 aromatic rings. The van der Waals surface area contributed by atoms with Gasteiger partial charge in [0.15, 0.2) is 11.5 Å². The molecule has 0 aliphatic rings. The van der Waals surface area contributed by atoms with Gasteiger partial charge in [0.1, 0.15) is 6.61 Å². The Morgan fingerprint density at radius 3 is 2.32 bits per heavy atom. The monoisotopic (exact) mass is 390 g/mol. The van der Waals surface area contributed by atoms with Gasteiger partial charge in [0.05, 0.1) is 26.9 Å². The molecule has 0 aliphatic carbocycles. The number of rotatable bonds is 13. The highest BCUT2D eigenvalue weighted by atomic mass is 16.5. The van der Waals surface area contributed by atoms with Gasteiger partial charge in [0.25, 0.3) is 0 Å². The van der Waals surface area contributed by atoms with E-state index in [-0.39, 0.29) is 12.7 Å². The lowest BCUT2D eigenvalue weighted by Gasteiger charge is -2.17. The third-order valence-electron chi connectivity index (χ3n) is 4.28. The molecule has 0 heterocycles. The highest BCUT2D eigenvalue weighted by Gasteiger charge is 2.13. The first-order chi connectivity index (χ1) is 13.5. The molecule has 156 valence electrons. The largest absolute Gasteiger partial charge is 0.493 e. The summed E-state index contributed by atoms with van der Waals surface area (Å²) in [5.74, 6) is 1.73. The average molecular weight is 391 g/mol. The Morgan fingerprint density at radius 1 is 1.18 bits per heavy atom. The lowest BCUT2D eigenvalue weighted by molar-refractivity contribution is 0.0827. The number of benzene rings is 1. The summed E-state index contributed by atoms with van der Waals surface area (Å²) < 4.78 is 22.5. The summed E-state index contributed by atoms with van der Waals surface area (Å²) >= 11 is 0. The van der Waals surface area contributed by atoms with Crippen LogP contribution in [0.5, 0.6) is 17.2 Å². The van der Waals surface area contributed by atoms with Crippen LogP contribution in [-0.2, 0) is 4.74 Å². The topological polar surface area (TPSA) is 57.2 Å². The van der Waals surface area contributed by atoms with Gasteiger partial charge in [-0.05, 0) is 57.4 Å². The first-order valence-corrected chi connectivity index (χ1v) is 9.55. The van der Waals surface area contributed by atoms with Gasteiger partial charge >= 0.3 is 0 Å². The zero-order valence-corrected chi connectivity index (χ0v) is 17.8. The minimum atomic E-state index is -0.0253. The Balaban J connectivity index is 2.78. The first kappa shape index (κ1) is 23.8. The van der Waals surface area contributed by atoms with E-state index in [0.29, 0.717) is 30.5 Å². The minimum Gasteiger partial charge on any atom is -0.493 e. The van der Waals surface area contributed by atoms with E-state index in [1.807, 2.05) is 26.0 Å². The quantitative estimate of drug-likeness (QED) is 0.491. The summed E-state index contributed by atoms with van der Waals surface area (Å²) in [4.78, 5) is 0. The number of hydrogen-bond donors (Lipinski definition) is 1. The first-order valence-electron chi connectivity index (χ1n) is 9.55. The molecule has 0 aromatic heterocycles. The van der Waals surface area contributed by atoms with Gasteiger partial charge in [0.2, 0.25) is 5.75 Å². The molecule has 0 unspecified atom stereocenters. The zero-order valence-electron chi connectivity index (χ0n) is 17.8. The van der Waals surface area contributed by atoms with Crippen molar-refractivity contribution in [1.29, 1.82) is 0 Å². The molecule has 1 rings (SSSR count). The van der Waals surface area contributed by atoms with Crippen LogP contribution in [0.3, 0.4) is 0 Å². The summed E-state index contributed by atoms with van der Waals surface area (Å²) in [6.07, 6.45) is 7.43. The molecule has 0 bridgehead atoms. The Labute approximate surface area is 169 Å². The Bertz CT molecular complexity index is 651. The summed E-state index contributed by atoms with van der Waals surface area (Å²) in [7, 11) is 3.18. The summed E-state index contributed by atoms with van der Waals surface area (Å²) in [5, 5.41) is 8.95. The fourth-order valence-electron chi connectivity index (χ4n) is 2.73. The van der Waals surface area contributed by atoms with Crippen molar-refractivity contribution < 1.29 is 24.1 Å². The average Bonchev–Trinajstić information content (AvgIpc) is 2.69. The molecule has 0 radical (unpaired) electrons. The molecule has 0 spiro atoms. The number of methoxy groups -OCH3 is 2. The molecule has 1 N–H and O–H groups in total. The van der Waals surface area contributed by atoms with Crippen molar-refractivity contribution in [1.82, 2.24) is 0 Å². The lowest BCUT2D eigenvalue weighted by atomic mass is 10.0. The Kier molecular flexibility index (Phi) is 11.1. The van der Waals surface area contributed by atoms with E-state index in [2.05, 4.69) is 19.6 Å². The molecular formula is C23H34O5. The minimum absolute atomic E-state index is 0.0253. The van der Waals surface area contributed by atoms with E-state index in [0.717, 1.165) is 24.0 Å². The molecule has 5 heteroatoms. The van der Waals surface area contributed by atoms with Crippen LogP contribution in [0, 0.1) is 0 Å². The van der Waals surface area contributed by atoms with Crippen LogP contribution in [0.1, 0.15) is 39.2 Å². The van der Waals surface area contributed by atoms with Gasteiger partial charge in [-0.3, -0.25) is 0 Å². The van der Waals surface area contributed by atoms with Crippen LogP contribution in [0.4, 0.5) is 0 Å². The van der Waals surface area contributed by atoms with Crippen molar-refractivity contribution >= 4 is 6.08 Å². The maximum atomic E-state index is 8.95. The molecule has 0 fully saturated rings. The smallest absolute Gasteiger partial charge is 0.203 e. The van der Waals surface area contributed by atoms with Crippen molar-refractivity contribution in [2.75, 3.05) is 34.0 Å². The molecule has 1 aromatic carbocycles. The molecule has 28 heavy (non-hydrogen) atoms. The van der Waals surface area contributed by atoms with E-state index < -0.39 is 0 Å².